The molecule has 1 aromatic heterocycles. The summed E-state index contributed by atoms with van der Waals surface area (Å²) in [5.41, 5.74) is 2.39. The largest absolute Gasteiger partial charge is 0.490 e. The SMILES string of the molecule is CN=C(NCCc1ccc(OC2CCCC2)cc1)NCc1sc(C)nc1C.I. The van der Waals surface area contributed by atoms with E-state index in [0.717, 1.165) is 41.9 Å². The average Bonchev–Trinajstić information content (AvgIpc) is 3.28. The van der Waals surface area contributed by atoms with Crippen LogP contribution in [0.3, 0.4) is 0 Å². The first kappa shape index (κ1) is 22.9. The smallest absolute Gasteiger partial charge is 0.191 e. The Hall–Kier alpha value is -1.35. The van der Waals surface area contributed by atoms with Crippen LogP contribution in [0.1, 0.15) is 46.8 Å². The molecule has 5 nitrogen and oxygen atoms in total. The number of nitrogens with zero attached hydrogens (tertiary/aromatic N) is 2. The molecule has 1 aromatic carbocycles. The first-order valence-corrected chi connectivity index (χ1v) is 10.6. The number of nitrogens with one attached hydrogen (secondary N) is 2. The Labute approximate surface area is 189 Å². The van der Waals surface area contributed by atoms with Crippen LogP contribution in [0.2, 0.25) is 0 Å². The summed E-state index contributed by atoms with van der Waals surface area (Å²) in [6, 6.07) is 8.50. The van der Waals surface area contributed by atoms with Crippen LogP contribution < -0.4 is 15.4 Å². The van der Waals surface area contributed by atoms with Crippen molar-refractivity contribution in [2.45, 2.75) is 58.6 Å². The van der Waals surface area contributed by atoms with Crippen LogP contribution in [0, 0.1) is 13.8 Å². The van der Waals surface area contributed by atoms with Crippen LogP contribution in [-0.4, -0.2) is 30.6 Å². The number of aliphatic imine (C=N–C) groups is 1. The second-order valence-corrected chi connectivity index (χ2v) is 8.30. The highest BCUT2D eigenvalue weighted by molar-refractivity contribution is 14.0. The summed E-state index contributed by atoms with van der Waals surface area (Å²) >= 11 is 1.73. The normalized spacial score (nSPS) is 14.6. The van der Waals surface area contributed by atoms with E-state index in [9.17, 15) is 0 Å². The number of rotatable bonds is 7. The fourth-order valence-corrected chi connectivity index (χ4v) is 4.26. The Bertz CT molecular complexity index is 754. The van der Waals surface area contributed by atoms with Gasteiger partial charge in [-0.25, -0.2) is 4.98 Å². The number of guanidine groups is 1. The Morgan fingerprint density at radius 1 is 1.18 bits per heavy atom. The molecule has 0 unspecified atom stereocenters. The zero-order valence-corrected chi connectivity index (χ0v) is 20.1. The first-order valence-electron chi connectivity index (χ1n) is 9.77. The van der Waals surface area contributed by atoms with E-state index >= 15 is 0 Å². The van der Waals surface area contributed by atoms with E-state index in [0.29, 0.717) is 6.10 Å². The molecule has 3 rings (SSSR count). The standard InChI is InChI=1S/C21H30N4OS.HI/c1-15-20(27-16(2)25-15)14-24-21(22-3)23-13-12-17-8-10-19(11-9-17)26-18-6-4-5-7-18;/h8-11,18H,4-7,12-14H2,1-3H3,(H2,22,23,24);1H. The number of halogens is 1. The molecule has 7 heteroatoms. The van der Waals surface area contributed by atoms with Gasteiger partial charge in [-0.2, -0.15) is 0 Å². The van der Waals surface area contributed by atoms with Crippen LogP contribution in [0.15, 0.2) is 29.3 Å². The van der Waals surface area contributed by atoms with Gasteiger partial charge in [-0.3, -0.25) is 4.99 Å². The van der Waals surface area contributed by atoms with Gasteiger partial charge in [0.25, 0.3) is 0 Å². The molecule has 1 heterocycles. The number of thiazole rings is 1. The summed E-state index contributed by atoms with van der Waals surface area (Å²) < 4.78 is 6.03. The van der Waals surface area contributed by atoms with Crippen molar-refractivity contribution in [3.8, 4) is 5.75 Å². The maximum absolute atomic E-state index is 6.03. The Kier molecular flexibility index (Phi) is 9.50. The van der Waals surface area contributed by atoms with Gasteiger partial charge in [-0.1, -0.05) is 12.1 Å². The third-order valence-corrected chi connectivity index (χ3v) is 5.95. The lowest BCUT2D eigenvalue weighted by Crippen LogP contribution is -2.37. The molecule has 1 fully saturated rings. The highest BCUT2D eigenvalue weighted by atomic mass is 127. The van der Waals surface area contributed by atoms with Gasteiger partial charge in [0, 0.05) is 18.5 Å². The molecule has 0 amide bonds. The van der Waals surface area contributed by atoms with Gasteiger partial charge in [0.15, 0.2) is 5.96 Å². The summed E-state index contributed by atoms with van der Waals surface area (Å²) in [5, 5.41) is 7.85. The molecule has 0 aliphatic heterocycles. The second kappa shape index (κ2) is 11.6. The molecular formula is C21H31IN4OS. The van der Waals surface area contributed by atoms with Crippen molar-refractivity contribution in [3.05, 3.63) is 45.4 Å². The molecule has 0 bridgehead atoms. The number of hydrogen-bond acceptors (Lipinski definition) is 4. The zero-order valence-electron chi connectivity index (χ0n) is 17.0. The fourth-order valence-electron chi connectivity index (χ4n) is 3.38. The van der Waals surface area contributed by atoms with Gasteiger partial charge in [-0.05, 0) is 63.6 Å². The van der Waals surface area contributed by atoms with Crippen molar-refractivity contribution in [1.82, 2.24) is 15.6 Å². The Morgan fingerprint density at radius 2 is 1.89 bits per heavy atom. The van der Waals surface area contributed by atoms with Gasteiger partial charge < -0.3 is 15.4 Å². The van der Waals surface area contributed by atoms with Crippen molar-refractivity contribution < 1.29 is 4.74 Å². The van der Waals surface area contributed by atoms with Crippen molar-refractivity contribution in [3.63, 3.8) is 0 Å². The summed E-state index contributed by atoms with van der Waals surface area (Å²) in [4.78, 5) is 10.0. The fraction of sp³-hybridized carbons (Fsp3) is 0.524. The topological polar surface area (TPSA) is 58.5 Å². The van der Waals surface area contributed by atoms with Crippen molar-refractivity contribution >= 4 is 41.3 Å². The maximum atomic E-state index is 6.03. The lowest BCUT2D eigenvalue weighted by atomic mass is 10.1. The zero-order chi connectivity index (χ0) is 19.1. The lowest BCUT2D eigenvalue weighted by Gasteiger charge is -2.14. The quantitative estimate of drug-likeness (QED) is 0.322. The predicted molar refractivity (Wildman–Crippen MR) is 128 cm³/mol. The number of aromatic nitrogens is 1. The molecule has 1 saturated carbocycles. The minimum atomic E-state index is 0. The molecule has 1 aliphatic carbocycles. The number of ether oxygens (including phenoxy) is 1. The molecule has 0 radical (unpaired) electrons. The second-order valence-electron chi connectivity index (χ2n) is 7.01. The molecule has 28 heavy (non-hydrogen) atoms. The van der Waals surface area contributed by atoms with Gasteiger partial charge in [0.2, 0.25) is 0 Å². The number of benzene rings is 1. The van der Waals surface area contributed by atoms with E-state index < -0.39 is 0 Å². The van der Waals surface area contributed by atoms with Gasteiger partial charge >= 0.3 is 0 Å². The van der Waals surface area contributed by atoms with E-state index in [1.807, 2.05) is 6.92 Å². The molecule has 1 aliphatic rings. The van der Waals surface area contributed by atoms with Gasteiger partial charge in [0.1, 0.15) is 5.75 Å². The van der Waals surface area contributed by atoms with Crippen LogP contribution in [0.4, 0.5) is 0 Å². The Morgan fingerprint density at radius 3 is 2.50 bits per heavy atom. The average molecular weight is 514 g/mol. The van der Waals surface area contributed by atoms with E-state index in [1.54, 1.807) is 18.4 Å². The summed E-state index contributed by atoms with van der Waals surface area (Å²) in [5.74, 6) is 1.81. The van der Waals surface area contributed by atoms with Crippen LogP contribution in [0.25, 0.3) is 0 Å². The predicted octanol–water partition coefficient (Wildman–Crippen LogP) is 4.61. The third kappa shape index (κ3) is 6.92. The summed E-state index contributed by atoms with van der Waals surface area (Å²) in [6.45, 7) is 5.68. The molecule has 2 N–H and O–H groups in total. The van der Waals surface area contributed by atoms with E-state index in [-0.39, 0.29) is 24.0 Å². The Balaban J connectivity index is 0.00000280. The minimum absolute atomic E-state index is 0. The maximum Gasteiger partial charge on any atom is 0.191 e. The summed E-state index contributed by atoms with van der Waals surface area (Å²) in [6.07, 6.45) is 6.34. The van der Waals surface area contributed by atoms with Gasteiger partial charge in [0.05, 0.1) is 23.4 Å². The molecule has 2 aromatic rings. The third-order valence-electron chi connectivity index (χ3n) is 4.87. The molecular weight excluding hydrogens is 483 g/mol. The van der Waals surface area contributed by atoms with E-state index in [1.165, 1.54) is 36.1 Å². The van der Waals surface area contributed by atoms with Crippen molar-refractivity contribution in [2.75, 3.05) is 13.6 Å². The highest BCUT2D eigenvalue weighted by Crippen LogP contribution is 2.24. The van der Waals surface area contributed by atoms with Crippen LogP contribution in [0.5, 0.6) is 5.75 Å². The number of aryl methyl sites for hydroxylation is 2. The lowest BCUT2D eigenvalue weighted by molar-refractivity contribution is 0.210. The molecule has 0 saturated heterocycles. The molecule has 0 atom stereocenters. The minimum Gasteiger partial charge on any atom is -0.490 e. The molecule has 154 valence electrons. The van der Waals surface area contributed by atoms with Crippen molar-refractivity contribution in [2.24, 2.45) is 4.99 Å². The monoisotopic (exact) mass is 514 g/mol. The summed E-state index contributed by atoms with van der Waals surface area (Å²) in [7, 11) is 1.80. The van der Waals surface area contributed by atoms with Crippen LogP contribution in [-0.2, 0) is 13.0 Å². The van der Waals surface area contributed by atoms with E-state index in [2.05, 4.69) is 51.8 Å². The van der Waals surface area contributed by atoms with Crippen molar-refractivity contribution in [1.29, 1.82) is 0 Å². The van der Waals surface area contributed by atoms with E-state index in [4.69, 9.17) is 4.74 Å². The van der Waals surface area contributed by atoms with Crippen LogP contribution >= 0.6 is 35.3 Å². The number of hydrogen-bond donors (Lipinski definition) is 2. The molecule has 0 spiro atoms. The highest BCUT2D eigenvalue weighted by Gasteiger charge is 2.16. The first-order chi connectivity index (χ1) is 13.1. The van der Waals surface area contributed by atoms with Gasteiger partial charge in [-0.15, -0.1) is 35.3 Å².